The third-order valence-corrected chi connectivity index (χ3v) is 6.89. The normalized spacial score (nSPS) is 13.5. The number of carbonyl (C=O) groups is 2. The second kappa shape index (κ2) is 13.9. The zero-order valence-electron chi connectivity index (χ0n) is 21.2. The summed E-state index contributed by atoms with van der Waals surface area (Å²) in [4.78, 5) is 39.5. The summed E-state index contributed by atoms with van der Waals surface area (Å²) >= 11 is 7.14. The van der Waals surface area contributed by atoms with E-state index in [1.54, 1.807) is 0 Å². The van der Waals surface area contributed by atoms with Gasteiger partial charge in [-0.3, -0.25) is 14.5 Å². The van der Waals surface area contributed by atoms with Crippen LogP contribution in [-0.4, -0.2) is 77.0 Å². The van der Waals surface area contributed by atoms with Crippen LogP contribution in [0, 0.1) is 13.8 Å². The van der Waals surface area contributed by atoms with Crippen LogP contribution in [0.25, 0.3) is 0 Å². The highest BCUT2D eigenvalue weighted by atomic mass is 35.5. The first-order valence-corrected chi connectivity index (χ1v) is 13.1. The molecule has 1 aromatic carbocycles. The Hall–Kier alpha value is -3.28. The van der Waals surface area contributed by atoms with Crippen molar-refractivity contribution in [1.82, 2.24) is 19.9 Å². The number of carbonyl (C=O) groups excluding carboxylic acids is 1. The van der Waals surface area contributed by atoms with E-state index in [9.17, 15) is 9.59 Å². The predicted molar refractivity (Wildman–Crippen MR) is 149 cm³/mol. The predicted octanol–water partition coefficient (Wildman–Crippen LogP) is 4.47. The van der Waals surface area contributed by atoms with E-state index in [4.69, 9.17) is 16.7 Å². The first-order valence-electron chi connectivity index (χ1n) is 11.9. The quantitative estimate of drug-likeness (QED) is 0.332. The van der Waals surface area contributed by atoms with Crippen LogP contribution in [0.2, 0.25) is 5.02 Å². The van der Waals surface area contributed by atoms with Crippen molar-refractivity contribution in [3.8, 4) is 0 Å². The molecule has 0 atom stereocenters. The van der Waals surface area contributed by atoms with Crippen LogP contribution in [0.3, 0.4) is 0 Å². The average Bonchev–Trinajstić information content (AvgIpc) is 3.32. The highest BCUT2D eigenvalue weighted by Gasteiger charge is 2.19. The van der Waals surface area contributed by atoms with E-state index in [-0.39, 0.29) is 6.42 Å². The number of anilines is 4. The summed E-state index contributed by atoms with van der Waals surface area (Å²) in [7, 11) is 1.87. The standard InChI is InChI=1S/C17H22N6O3S.C8H10ClN/c1-12-19-14(21-17-18-10-13(11-24)27-17)9-15(20-12)23-7-5-22(6-8-23)4-2-3-16(25)26;1-6-4-3-5-7(9)8(6)10-2/h9-11H,2-8H2,1H3,(H,25,26)(H,18,19,20,21);3-5,10H,1-2H3. The maximum Gasteiger partial charge on any atom is 0.303 e. The summed E-state index contributed by atoms with van der Waals surface area (Å²) in [5, 5.41) is 16.3. The summed E-state index contributed by atoms with van der Waals surface area (Å²) in [6, 6.07) is 7.73. The Labute approximate surface area is 225 Å². The van der Waals surface area contributed by atoms with Crippen LogP contribution in [0.1, 0.15) is 33.9 Å². The van der Waals surface area contributed by atoms with Crippen molar-refractivity contribution in [1.29, 1.82) is 0 Å². The summed E-state index contributed by atoms with van der Waals surface area (Å²) in [5.74, 6) is 1.41. The first kappa shape index (κ1) is 28.3. The number of carboxylic acids is 1. The minimum absolute atomic E-state index is 0.211. The molecule has 37 heavy (non-hydrogen) atoms. The van der Waals surface area contributed by atoms with Crippen LogP contribution in [0.5, 0.6) is 0 Å². The number of para-hydroxylation sites is 1. The van der Waals surface area contributed by atoms with Crippen LogP contribution < -0.4 is 15.5 Å². The molecule has 3 heterocycles. The summed E-state index contributed by atoms with van der Waals surface area (Å²) < 4.78 is 0. The molecule has 0 unspecified atom stereocenters. The van der Waals surface area contributed by atoms with Crippen LogP contribution in [0.15, 0.2) is 30.5 Å². The molecule has 10 nitrogen and oxygen atoms in total. The monoisotopic (exact) mass is 545 g/mol. The van der Waals surface area contributed by atoms with Crippen molar-refractivity contribution >= 4 is 57.6 Å². The zero-order valence-corrected chi connectivity index (χ0v) is 22.8. The third-order valence-electron chi connectivity index (χ3n) is 5.73. The number of nitrogens with one attached hydrogen (secondary N) is 2. The molecule has 0 radical (unpaired) electrons. The molecule has 0 bridgehead atoms. The summed E-state index contributed by atoms with van der Waals surface area (Å²) in [6.07, 6.45) is 3.18. The smallest absolute Gasteiger partial charge is 0.303 e. The van der Waals surface area contributed by atoms with Gasteiger partial charge in [-0.2, -0.15) is 0 Å². The third kappa shape index (κ3) is 8.66. The average molecular weight is 546 g/mol. The molecule has 1 aliphatic rings. The van der Waals surface area contributed by atoms with Gasteiger partial charge in [0.2, 0.25) is 0 Å². The lowest BCUT2D eigenvalue weighted by Gasteiger charge is -2.35. The van der Waals surface area contributed by atoms with Crippen molar-refractivity contribution in [3.05, 3.63) is 51.7 Å². The Morgan fingerprint density at radius 3 is 2.57 bits per heavy atom. The molecule has 0 amide bonds. The van der Waals surface area contributed by atoms with E-state index in [1.807, 2.05) is 45.2 Å². The van der Waals surface area contributed by atoms with Crippen LogP contribution in [-0.2, 0) is 4.79 Å². The number of nitrogens with zero attached hydrogens (tertiary/aromatic N) is 5. The van der Waals surface area contributed by atoms with E-state index in [1.165, 1.54) is 23.1 Å². The number of hydrogen-bond acceptors (Lipinski definition) is 10. The van der Waals surface area contributed by atoms with Crippen LogP contribution >= 0.6 is 22.9 Å². The van der Waals surface area contributed by atoms with Crippen molar-refractivity contribution in [2.45, 2.75) is 26.7 Å². The molecule has 2 aromatic heterocycles. The number of benzene rings is 1. The molecule has 4 rings (SSSR count). The van der Waals surface area contributed by atoms with Gasteiger partial charge in [0, 0.05) is 45.7 Å². The van der Waals surface area contributed by atoms with E-state index < -0.39 is 5.97 Å². The second-order valence-electron chi connectivity index (χ2n) is 8.48. The van der Waals surface area contributed by atoms with E-state index in [2.05, 4.69) is 35.4 Å². The van der Waals surface area contributed by atoms with Gasteiger partial charge < -0.3 is 20.6 Å². The van der Waals surface area contributed by atoms with E-state index in [0.29, 0.717) is 28.1 Å². The minimum Gasteiger partial charge on any atom is -0.481 e. The highest BCUT2D eigenvalue weighted by Crippen LogP contribution is 2.25. The Morgan fingerprint density at radius 2 is 1.97 bits per heavy atom. The number of aliphatic carboxylic acids is 1. The lowest BCUT2D eigenvalue weighted by Crippen LogP contribution is -2.47. The maximum absolute atomic E-state index is 10.8. The van der Waals surface area contributed by atoms with Gasteiger partial charge in [0.05, 0.1) is 21.8 Å². The minimum atomic E-state index is -0.745. The molecule has 3 N–H and O–H groups in total. The van der Waals surface area contributed by atoms with Crippen molar-refractivity contribution in [3.63, 3.8) is 0 Å². The number of aryl methyl sites for hydroxylation is 2. The Kier molecular flexibility index (Phi) is 10.6. The number of halogens is 1. The molecule has 0 saturated carbocycles. The molecule has 1 aliphatic heterocycles. The Bertz CT molecular complexity index is 1180. The van der Waals surface area contributed by atoms with E-state index in [0.717, 1.165) is 55.5 Å². The fourth-order valence-corrected chi connectivity index (χ4v) is 4.84. The van der Waals surface area contributed by atoms with Gasteiger partial charge >= 0.3 is 5.97 Å². The molecule has 1 saturated heterocycles. The molecule has 198 valence electrons. The fraction of sp³-hybridized carbons (Fsp3) is 0.400. The first-order chi connectivity index (χ1) is 17.8. The fourth-order valence-electron chi connectivity index (χ4n) is 3.89. The van der Waals surface area contributed by atoms with Gasteiger partial charge in [-0.05, 0) is 38.4 Å². The topological polar surface area (TPSA) is 124 Å². The van der Waals surface area contributed by atoms with Gasteiger partial charge in [0.25, 0.3) is 0 Å². The Morgan fingerprint density at radius 1 is 1.22 bits per heavy atom. The molecular weight excluding hydrogens is 514 g/mol. The number of piperazine rings is 1. The molecule has 0 aliphatic carbocycles. The largest absolute Gasteiger partial charge is 0.481 e. The lowest BCUT2D eigenvalue weighted by molar-refractivity contribution is -0.137. The van der Waals surface area contributed by atoms with Crippen molar-refractivity contribution in [2.24, 2.45) is 0 Å². The number of carboxylic acid groups (broad SMARTS) is 1. The number of thiazole rings is 1. The van der Waals surface area contributed by atoms with Gasteiger partial charge in [-0.25, -0.2) is 15.0 Å². The molecule has 12 heteroatoms. The van der Waals surface area contributed by atoms with Gasteiger partial charge in [0.15, 0.2) is 11.4 Å². The van der Waals surface area contributed by atoms with E-state index >= 15 is 0 Å². The van der Waals surface area contributed by atoms with Crippen molar-refractivity contribution in [2.75, 3.05) is 55.3 Å². The van der Waals surface area contributed by atoms with Gasteiger partial charge in [-0.1, -0.05) is 35.1 Å². The number of aldehydes is 1. The van der Waals surface area contributed by atoms with Crippen LogP contribution in [0.4, 0.5) is 22.5 Å². The number of hydrogen-bond donors (Lipinski definition) is 3. The maximum atomic E-state index is 10.8. The summed E-state index contributed by atoms with van der Waals surface area (Å²) in [6.45, 7) is 8.08. The molecule has 1 fully saturated rings. The molecule has 3 aromatic rings. The zero-order chi connectivity index (χ0) is 26.8. The van der Waals surface area contributed by atoms with Gasteiger partial charge in [0.1, 0.15) is 17.5 Å². The second-order valence-corrected chi connectivity index (χ2v) is 9.95. The molecular formula is C25H32ClN7O3S. The lowest BCUT2D eigenvalue weighted by atomic mass is 10.2. The number of aromatic nitrogens is 3. The molecule has 0 spiro atoms. The highest BCUT2D eigenvalue weighted by molar-refractivity contribution is 7.17. The Balaban J connectivity index is 0.000000319. The van der Waals surface area contributed by atoms with Crippen molar-refractivity contribution < 1.29 is 14.7 Å². The summed E-state index contributed by atoms with van der Waals surface area (Å²) in [5.41, 5.74) is 2.19. The van der Waals surface area contributed by atoms with Gasteiger partial charge in [-0.15, -0.1) is 0 Å². The SMILES string of the molecule is CNc1c(C)cccc1Cl.Cc1nc(Nc2ncc(C=O)s2)cc(N2CCN(CCCC(=O)O)CC2)n1. The number of rotatable bonds is 9.